The van der Waals surface area contributed by atoms with E-state index in [9.17, 15) is 0 Å². The fraction of sp³-hybridized carbons (Fsp3) is 0.500. The molecule has 3 atom stereocenters. The van der Waals surface area contributed by atoms with Gasteiger partial charge in [0.25, 0.3) is 0 Å². The predicted octanol–water partition coefficient (Wildman–Crippen LogP) is 1.94. The Morgan fingerprint density at radius 2 is 2.35 bits per heavy atom. The summed E-state index contributed by atoms with van der Waals surface area (Å²) in [4.78, 5) is 4.44. The molecule has 88 valence electrons. The number of hydrogen-bond acceptors (Lipinski definition) is 5. The van der Waals surface area contributed by atoms with E-state index >= 15 is 0 Å². The lowest BCUT2D eigenvalue weighted by molar-refractivity contribution is 0.329. The van der Waals surface area contributed by atoms with Gasteiger partial charge in [-0.1, -0.05) is 5.16 Å². The molecule has 2 aromatic heterocycles. The number of fused-ring (bicyclic) bond motifs is 2. The lowest BCUT2D eigenvalue weighted by atomic mass is 9.89. The van der Waals surface area contributed by atoms with Crippen LogP contribution in [-0.2, 0) is 0 Å². The molecule has 2 bridgehead atoms. The molecule has 4 heterocycles. The van der Waals surface area contributed by atoms with Gasteiger partial charge in [0.05, 0.1) is 12.2 Å². The lowest BCUT2D eigenvalue weighted by Gasteiger charge is -2.15. The van der Waals surface area contributed by atoms with Crippen LogP contribution in [0.4, 0.5) is 0 Å². The van der Waals surface area contributed by atoms with Gasteiger partial charge in [-0.15, -0.1) is 0 Å². The Morgan fingerprint density at radius 3 is 3.06 bits per heavy atom. The summed E-state index contributed by atoms with van der Waals surface area (Å²) in [6.45, 7) is 0. The maximum Gasteiger partial charge on any atom is 0.238 e. The normalized spacial score (nSPS) is 31.2. The standard InChI is InChI=1S/C12H13N3O2/c1-2-10(16-5-1)11-14-12(17-15-11)8-6-7-3-4-9(8)13-7/h1-2,5,7-9,13H,3-4,6H2. The molecular weight excluding hydrogens is 218 g/mol. The molecular formula is C12H13N3O2. The molecule has 0 saturated carbocycles. The van der Waals surface area contributed by atoms with Crippen molar-refractivity contribution in [2.24, 2.45) is 0 Å². The molecule has 17 heavy (non-hydrogen) atoms. The molecule has 1 N–H and O–H groups in total. The molecule has 2 aliphatic heterocycles. The van der Waals surface area contributed by atoms with Crippen LogP contribution in [0.25, 0.3) is 11.6 Å². The maximum atomic E-state index is 5.36. The van der Waals surface area contributed by atoms with Crippen LogP contribution in [0.1, 0.15) is 31.1 Å². The van der Waals surface area contributed by atoms with Crippen molar-refractivity contribution in [1.82, 2.24) is 15.5 Å². The van der Waals surface area contributed by atoms with Crippen molar-refractivity contribution in [2.75, 3.05) is 0 Å². The first-order valence-corrected chi connectivity index (χ1v) is 6.04. The van der Waals surface area contributed by atoms with Crippen molar-refractivity contribution in [3.05, 3.63) is 24.3 Å². The van der Waals surface area contributed by atoms with Gasteiger partial charge in [0, 0.05) is 12.1 Å². The third-order valence-corrected chi connectivity index (χ3v) is 3.80. The average molecular weight is 231 g/mol. The van der Waals surface area contributed by atoms with Crippen molar-refractivity contribution < 1.29 is 8.94 Å². The second-order valence-electron chi connectivity index (χ2n) is 4.82. The number of aromatic nitrogens is 2. The van der Waals surface area contributed by atoms with Crippen LogP contribution in [-0.4, -0.2) is 22.2 Å². The number of rotatable bonds is 2. The van der Waals surface area contributed by atoms with Gasteiger partial charge < -0.3 is 14.3 Å². The van der Waals surface area contributed by atoms with Gasteiger partial charge in [-0.3, -0.25) is 0 Å². The van der Waals surface area contributed by atoms with Crippen LogP contribution in [0.15, 0.2) is 27.3 Å². The average Bonchev–Trinajstić information content (AvgIpc) is 3.12. The molecule has 0 aliphatic carbocycles. The zero-order valence-corrected chi connectivity index (χ0v) is 9.30. The highest BCUT2D eigenvalue weighted by molar-refractivity contribution is 5.44. The summed E-state index contributed by atoms with van der Waals surface area (Å²) in [5, 5.41) is 7.55. The van der Waals surface area contributed by atoms with Crippen molar-refractivity contribution in [2.45, 2.75) is 37.3 Å². The van der Waals surface area contributed by atoms with Gasteiger partial charge in [-0.25, -0.2) is 0 Å². The fourth-order valence-electron chi connectivity index (χ4n) is 2.99. The van der Waals surface area contributed by atoms with Gasteiger partial charge in [0.1, 0.15) is 0 Å². The van der Waals surface area contributed by atoms with E-state index in [2.05, 4.69) is 15.5 Å². The third kappa shape index (κ3) is 1.42. The molecule has 0 amide bonds. The van der Waals surface area contributed by atoms with E-state index in [1.807, 2.05) is 12.1 Å². The second-order valence-corrected chi connectivity index (χ2v) is 4.82. The maximum absolute atomic E-state index is 5.36. The Kier molecular flexibility index (Phi) is 1.90. The van der Waals surface area contributed by atoms with Crippen molar-refractivity contribution in [3.8, 4) is 11.6 Å². The molecule has 4 rings (SSSR count). The number of nitrogens with zero attached hydrogens (tertiary/aromatic N) is 2. The predicted molar refractivity (Wildman–Crippen MR) is 59.3 cm³/mol. The Balaban J connectivity index is 1.63. The minimum absolute atomic E-state index is 0.380. The summed E-state index contributed by atoms with van der Waals surface area (Å²) >= 11 is 0. The second kappa shape index (κ2) is 3.43. The molecule has 5 nitrogen and oxygen atoms in total. The Bertz CT molecular complexity index is 520. The minimum atomic E-state index is 0.380. The van der Waals surface area contributed by atoms with Crippen LogP contribution in [0, 0.1) is 0 Å². The minimum Gasteiger partial charge on any atom is -0.461 e. The SMILES string of the molecule is c1coc(-c2noc(C3CC4CCC3N4)n2)c1. The van der Waals surface area contributed by atoms with E-state index in [-0.39, 0.29) is 0 Å². The fourth-order valence-corrected chi connectivity index (χ4v) is 2.99. The summed E-state index contributed by atoms with van der Waals surface area (Å²) in [5.41, 5.74) is 0. The lowest BCUT2D eigenvalue weighted by Crippen LogP contribution is -2.21. The largest absolute Gasteiger partial charge is 0.461 e. The molecule has 2 aromatic rings. The summed E-state index contributed by atoms with van der Waals surface area (Å²) in [5.74, 6) is 2.34. The highest BCUT2D eigenvalue weighted by Crippen LogP contribution is 2.39. The van der Waals surface area contributed by atoms with Crippen LogP contribution < -0.4 is 5.32 Å². The molecule has 2 aliphatic rings. The first kappa shape index (κ1) is 9.41. The van der Waals surface area contributed by atoms with Crippen molar-refractivity contribution in [1.29, 1.82) is 0 Å². The van der Waals surface area contributed by atoms with Gasteiger partial charge in [-0.2, -0.15) is 4.98 Å². The molecule has 2 fully saturated rings. The van der Waals surface area contributed by atoms with Crippen molar-refractivity contribution >= 4 is 0 Å². The van der Waals surface area contributed by atoms with E-state index in [0.29, 0.717) is 29.6 Å². The zero-order valence-electron chi connectivity index (χ0n) is 9.30. The monoisotopic (exact) mass is 231 g/mol. The van der Waals surface area contributed by atoms with Gasteiger partial charge in [0.15, 0.2) is 5.76 Å². The molecule has 3 unspecified atom stereocenters. The van der Waals surface area contributed by atoms with Crippen LogP contribution in [0.3, 0.4) is 0 Å². The quantitative estimate of drug-likeness (QED) is 0.855. The Hall–Kier alpha value is -1.62. The van der Waals surface area contributed by atoms with Crippen LogP contribution in [0.5, 0.6) is 0 Å². The summed E-state index contributed by atoms with van der Waals surface area (Å²) < 4.78 is 10.6. The topological polar surface area (TPSA) is 64.1 Å². The molecule has 0 spiro atoms. The highest BCUT2D eigenvalue weighted by atomic mass is 16.5. The first-order chi connectivity index (χ1) is 8.40. The molecule has 0 aromatic carbocycles. The zero-order chi connectivity index (χ0) is 11.2. The van der Waals surface area contributed by atoms with Gasteiger partial charge >= 0.3 is 0 Å². The van der Waals surface area contributed by atoms with Gasteiger partial charge in [-0.05, 0) is 31.4 Å². The number of furan rings is 1. The first-order valence-electron chi connectivity index (χ1n) is 6.04. The summed E-state index contributed by atoms with van der Waals surface area (Å²) in [6, 6.07) is 4.83. The van der Waals surface area contributed by atoms with E-state index in [4.69, 9.17) is 8.94 Å². The summed E-state index contributed by atoms with van der Waals surface area (Å²) in [7, 11) is 0. The molecule has 2 saturated heterocycles. The van der Waals surface area contributed by atoms with E-state index in [1.165, 1.54) is 12.8 Å². The van der Waals surface area contributed by atoms with Crippen LogP contribution >= 0.6 is 0 Å². The molecule has 0 radical (unpaired) electrons. The third-order valence-electron chi connectivity index (χ3n) is 3.80. The molecule has 5 heteroatoms. The number of nitrogens with one attached hydrogen (secondary N) is 1. The Labute approximate surface area is 98.2 Å². The van der Waals surface area contributed by atoms with E-state index in [1.54, 1.807) is 6.26 Å². The van der Waals surface area contributed by atoms with Gasteiger partial charge in [0.2, 0.25) is 11.7 Å². The Morgan fingerprint density at radius 1 is 1.35 bits per heavy atom. The number of hydrogen-bond donors (Lipinski definition) is 1. The smallest absolute Gasteiger partial charge is 0.238 e. The summed E-state index contributed by atoms with van der Waals surface area (Å²) in [6.07, 6.45) is 5.23. The van der Waals surface area contributed by atoms with Crippen molar-refractivity contribution in [3.63, 3.8) is 0 Å². The highest BCUT2D eigenvalue weighted by Gasteiger charge is 2.42. The van der Waals surface area contributed by atoms with Crippen LogP contribution in [0.2, 0.25) is 0 Å². The van der Waals surface area contributed by atoms with E-state index in [0.717, 1.165) is 12.3 Å². The van der Waals surface area contributed by atoms with E-state index < -0.39 is 0 Å².